The van der Waals surface area contributed by atoms with E-state index in [9.17, 15) is 0 Å². The van der Waals surface area contributed by atoms with Crippen molar-refractivity contribution in [3.05, 3.63) is 60.7 Å². The minimum Gasteiger partial charge on any atom is -0.254 e. The minimum absolute atomic E-state index is 0. The van der Waals surface area contributed by atoms with E-state index in [4.69, 9.17) is 11.8 Å². The van der Waals surface area contributed by atoms with E-state index < -0.39 is 0 Å². The van der Waals surface area contributed by atoms with Crippen LogP contribution in [-0.4, -0.2) is 0 Å². The second-order valence-corrected chi connectivity index (χ2v) is 3.29. The largest absolute Gasteiger partial charge is 0.254 e. The lowest BCUT2D eigenvalue weighted by Gasteiger charge is -2.15. The molecule has 0 aliphatic carbocycles. The summed E-state index contributed by atoms with van der Waals surface area (Å²) in [4.78, 5) is 0. The predicted molar refractivity (Wildman–Crippen MR) is 75.4 cm³/mol. The van der Waals surface area contributed by atoms with Crippen LogP contribution >= 0.6 is 36.6 Å². The molecule has 2 aromatic carbocycles. The van der Waals surface area contributed by atoms with Gasteiger partial charge in [-0.05, 0) is 24.3 Å². The van der Waals surface area contributed by atoms with E-state index in [1.165, 1.54) is 0 Å². The molecular weight excluding hydrogens is 264 g/mol. The van der Waals surface area contributed by atoms with Crippen LogP contribution in [0.4, 0.5) is 11.4 Å². The van der Waals surface area contributed by atoms with Crippen LogP contribution in [0.25, 0.3) is 0 Å². The molecule has 0 saturated carbocycles. The molecule has 0 heterocycles. The lowest BCUT2D eigenvalue weighted by Crippen LogP contribution is -2.00. The van der Waals surface area contributed by atoms with Crippen molar-refractivity contribution in [1.82, 2.24) is 0 Å². The minimum atomic E-state index is 0. The molecule has 0 aliphatic heterocycles. The molecule has 4 heteroatoms. The van der Waals surface area contributed by atoms with Crippen molar-refractivity contribution in [2.75, 3.05) is 4.42 Å². The molecule has 0 radical (unpaired) electrons. The molecule has 16 heavy (non-hydrogen) atoms. The van der Waals surface area contributed by atoms with Crippen molar-refractivity contribution in [3.8, 4) is 0 Å². The van der Waals surface area contributed by atoms with Gasteiger partial charge in [0.2, 0.25) is 0 Å². The molecule has 0 aromatic heterocycles. The van der Waals surface area contributed by atoms with Crippen molar-refractivity contribution in [1.29, 1.82) is 0 Å². The number of halogens is 3. The number of rotatable bonds is 2. The van der Waals surface area contributed by atoms with Crippen LogP contribution in [0, 0.1) is 0 Å². The Balaban J connectivity index is 0.00000112. The Bertz CT molecular complexity index is 352. The van der Waals surface area contributed by atoms with Gasteiger partial charge in [0, 0.05) is 11.8 Å². The summed E-state index contributed by atoms with van der Waals surface area (Å²) in [6.45, 7) is 0. The first-order valence-corrected chi connectivity index (χ1v) is 4.78. The molecule has 0 fully saturated rings. The lowest BCUT2D eigenvalue weighted by atomic mass is 10.3. The van der Waals surface area contributed by atoms with Gasteiger partial charge in [0.25, 0.3) is 0 Å². The fraction of sp³-hybridized carbons (Fsp3) is 0. The number of hydrogen-bond donors (Lipinski definition) is 0. The highest BCUT2D eigenvalue weighted by molar-refractivity contribution is 6.29. The molecule has 0 aliphatic rings. The van der Waals surface area contributed by atoms with Crippen molar-refractivity contribution < 1.29 is 0 Å². The normalized spacial score (nSPS) is 8.56. The van der Waals surface area contributed by atoms with Gasteiger partial charge in [-0.2, -0.15) is 0 Å². The molecule has 0 unspecified atom stereocenters. The van der Waals surface area contributed by atoms with Gasteiger partial charge in [0.15, 0.2) is 0 Å². The SMILES string of the molecule is Cl.Cl.ClN(c1ccccc1)c1ccccc1. The van der Waals surface area contributed by atoms with Gasteiger partial charge in [0.05, 0.1) is 11.4 Å². The van der Waals surface area contributed by atoms with Crippen molar-refractivity contribution in [2.45, 2.75) is 0 Å². The highest BCUT2D eigenvalue weighted by Crippen LogP contribution is 2.26. The summed E-state index contributed by atoms with van der Waals surface area (Å²) in [6, 6.07) is 19.7. The summed E-state index contributed by atoms with van der Waals surface area (Å²) in [5.41, 5.74) is 1.95. The number of benzene rings is 2. The topological polar surface area (TPSA) is 3.24 Å². The van der Waals surface area contributed by atoms with Crippen LogP contribution in [0.2, 0.25) is 0 Å². The van der Waals surface area contributed by atoms with Gasteiger partial charge in [-0.15, -0.1) is 24.8 Å². The van der Waals surface area contributed by atoms with Crippen LogP contribution in [-0.2, 0) is 0 Å². The molecule has 1 nitrogen and oxygen atoms in total. The van der Waals surface area contributed by atoms with E-state index in [1.54, 1.807) is 4.42 Å². The highest BCUT2D eigenvalue weighted by atomic mass is 35.5. The van der Waals surface area contributed by atoms with E-state index in [-0.39, 0.29) is 24.8 Å². The second-order valence-electron chi connectivity index (χ2n) is 2.95. The molecule has 2 aromatic rings. The van der Waals surface area contributed by atoms with Crippen LogP contribution in [0.5, 0.6) is 0 Å². The van der Waals surface area contributed by atoms with Crippen molar-refractivity contribution in [3.63, 3.8) is 0 Å². The maximum absolute atomic E-state index is 6.16. The fourth-order valence-electron chi connectivity index (χ4n) is 1.27. The average molecular weight is 277 g/mol. The Hall–Kier alpha value is -0.890. The zero-order valence-electron chi connectivity index (χ0n) is 8.42. The van der Waals surface area contributed by atoms with E-state index in [0.717, 1.165) is 11.4 Å². The van der Waals surface area contributed by atoms with Crippen molar-refractivity contribution >= 4 is 48.0 Å². The third kappa shape index (κ3) is 3.60. The first-order chi connectivity index (χ1) is 6.88. The Labute approximate surface area is 113 Å². The average Bonchev–Trinajstić information content (AvgIpc) is 2.30. The molecule has 0 bridgehead atoms. The van der Waals surface area contributed by atoms with Crippen LogP contribution in [0.1, 0.15) is 0 Å². The predicted octanol–water partition coefficient (Wildman–Crippen LogP) is 4.82. The monoisotopic (exact) mass is 275 g/mol. The summed E-state index contributed by atoms with van der Waals surface area (Å²) in [6.07, 6.45) is 0. The highest BCUT2D eigenvalue weighted by Gasteiger charge is 2.03. The van der Waals surface area contributed by atoms with E-state index in [1.807, 2.05) is 60.7 Å². The number of hydrogen-bond acceptors (Lipinski definition) is 1. The summed E-state index contributed by atoms with van der Waals surface area (Å²) < 4.78 is 1.64. The van der Waals surface area contributed by atoms with E-state index >= 15 is 0 Å². The molecule has 2 rings (SSSR count). The van der Waals surface area contributed by atoms with Crippen LogP contribution in [0.3, 0.4) is 0 Å². The van der Waals surface area contributed by atoms with Gasteiger partial charge in [-0.25, -0.2) is 0 Å². The van der Waals surface area contributed by atoms with Gasteiger partial charge in [-0.1, -0.05) is 36.4 Å². The summed E-state index contributed by atoms with van der Waals surface area (Å²) in [5.74, 6) is 0. The van der Waals surface area contributed by atoms with E-state index in [2.05, 4.69) is 0 Å². The molecular formula is C12H12Cl3N. The van der Waals surface area contributed by atoms with Gasteiger partial charge < -0.3 is 0 Å². The van der Waals surface area contributed by atoms with Gasteiger partial charge >= 0.3 is 0 Å². The standard InChI is InChI=1S/C12H10ClN.2ClH/c13-14(11-7-3-1-4-8-11)12-9-5-2-6-10-12;;/h1-10H;2*1H. The van der Waals surface area contributed by atoms with Crippen molar-refractivity contribution in [2.24, 2.45) is 0 Å². The van der Waals surface area contributed by atoms with Crippen LogP contribution in [0.15, 0.2) is 60.7 Å². The Morgan fingerprint density at radius 3 is 1.25 bits per heavy atom. The smallest absolute Gasteiger partial charge is 0.0581 e. The number of anilines is 2. The third-order valence-corrected chi connectivity index (χ3v) is 2.36. The zero-order chi connectivity index (χ0) is 9.80. The summed E-state index contributed by atoms with van der Waals surface area (Å²) in [7, 11) is 0. The molecule has 0 N–H and O–H groups in total. The molecule has 0 spiro atoms. The molecule has 0 saturated heterocycles. The van der Waals surface area contributed by atoms with Gasteiger partial charge in [-0.3, -0.25) is 4.42 Å². The van der Waals surface area contributed by atoms with Gasteiger partial charge in [0.1, 0.15) is 0 Å². The molecule has 86 valence electrons. The maximum atomic E-state index is 6.16. The molecule has 0 atom stereocenters. The molecule has 0 amide bonds. The summed E-state index contributed by atoms with van der Waals surface area (Å²) in [5, 5.41) is 0. The lowest BCUT2D eigenvalue weighted by molar-refractivity contribution is 1.42. The number of para-hydroxylation sites is 2. The fourth-order valence-corrected chi connectivity index (χ4v) is 1.49. The Morgan fingerprint density at radius 2 is 0.938 bits per heavy atom. The zero-order valence-corrected chi connectivity index (χ0v) is 10.8. The maximum Gasteiger partial charge on any atom is 0.0581 e. The Kier molecular flexibility index (Phi) is 6.98. The van der Waals surface area contributed by atoms with E-state index in [0.29, 0.717) is 0 Å². The first-order valence-electron chi connectivity index (χ1n) is 4.44. The Morgan fingerprint density at radius 1 is 0.625 bits per heavy atom. The third-order valence-electron chi connectivity index (χ3n) is 1.97. The van der Waals surface area contributed by atoms with Crippen LogP contribution < -0.4 is 4.42 Å². The quantitative estimate of drug-likeness (QED) is 0.711. The summed E-state index contributed by atoms with van der Waals surface area (Å²) >= 11 is 6.16. The number of nitrogens with zero attached hydrogens (tertiary/aromatic N) is 1. The second kappa shape index (κ2) is 7.39. The first kappa shape index (κ1) is 15.1.